The summed E-state index contributed by atoms with van der Waals surface area (Å²) in [5, 5.41) is 0. The Morgan fingerprint density at radius 1 is 1.42 bits per heavy atom. The molecule has 0 aliphatic rings. The predicted molar refractivity (Wildman–Crippen MR) is 106 cm³/mol. The number of nitrogens with two attached hydrogens (primary N) is 1. The Morgan fingerprint density at radius 2 is 2.08 bits per heavy atom. The average molecular weight is 422 g/mol. The second kappa shape index (κ2) is 11.1. The zero-order valence-electron chi connectivity index (χ0n) is 15.0. The maximum atomic E-state index is 12.8. The highest BCUT2D eigenvalue weighted by Crippen LogP contribution is 2.21. The molecule has 0 radical (unpaired) electrons. The van der Waals surface area contributed by atoms with Gasteiger partial charge in [0.25, 0.3) is 0 Å². The van der Waals surface area contributed by atoms with E-state index in [9.17, 15) is 4.79 Å². The first-order valence-electron chi connectivity index (χ1n) is 7.97. The molecule has 138 valence electrons. The lowest BCUT2D eigenvalue weighted by molar-refractivity contribution is -0.136. The molecular formula is C18H30BrClN2O2. The molecule has 0 aliphatic carbocycles. The summed E-state index contributed by atoms with van der Waals surface area (Å²) < 4.78 is 6.22. The van der Waals surface area contributed by atoms with Crippen molar-refractivity contribution >= 4 is 34.2 Å². The molecule has 0 heterocycles. The van der Waals surface area contributed by atoms with Crippen LogP contribution in [0.15, 0.2) is 28.7 Å². The van der Waals surface area contributed by atoms with Crippen molar-refractivity contribution in [3.63, 3.8) is 0 Å². The van der Waals surface area contributed by atoms with Gasteiger partial charge in [0.05, 0.1) is 0 Å². The van der Waals surface area contributed by atoms with Gasteiger partial charge in [0.1, 0.15) is 0 Å². The number of carbonyl (C=O) groups is 1. The Kier molecular flexibility index (Phi) is 10.8. The smallest absolute Gasteiger partial charge is 0.225 e. The van der Waals surface area contributed by atoms with Crippen LogP contribution in [0.25, 0.3) is 0 Å². The van der Waals surface area contributed by atoms with Crippen LogP contribution in [-0.4, -0.2) is 44.7 Å². The maximum Gasteiger partial charge on any atom is 0.225 e. The van der Waals surface area contributed by atoms with Crippen molar-refractivity contribution in [2.45, 2.75) is 26.7 Å². The molecule has 6 heteroatoms. The van der Waals surface area contributed by atoms with E-state index in [0.29, 0.717) is 19.7 Å². The molecule has 1 atom stereocenters. The largest absolute Gasteiger partial charge is 0.385 e. The van der Waals surface area contributed by atoms with E-state index in [1.54, 1.807) is 7.11 Å². The minimum atomic E-state index is -0.0807. The average Bonchev–Trinajstić information content (AvgIpc) is 2.50. The summed E-state index contributed by atoms with van der Waals surface area (Å²) in [6.45, 7) is 5.95. The molecular weight excluding hydrogens is 392 g/mol. The van der Waals surface area contributed by atoms with Crippen LogP contribution in [0.4, 0.5) is 0 Å². The lowest BCUT2D eigenvalue weighted by Crippen LogP contribution is -2.42. The number of methoxy groups -OCH3 is 1. The zero-order valence-corrected chi connectivity index (χ0v) is 17.5. The molecule has 2 N–H and O–H groups in total. The summed E-state index contributed by atoms with van der Waals surface area (Å²) in [7, 11) is 3.53. The van der Waals surface area contributed by atoms with Gasteiger partial charge in [-0.2, -0.15) is 0 Å². The summed E-state index contributed by atoms with van der Waals surface area (Å²) in [4.78, 5) is 14.7. The minimum absolute atomic E-state index is 0. The molecule has 0 bridgehead atoms. The molecule has 1 aromatic rings. The fraction of sp³-hybridized carbons (Fsp3) is 0.611. The molecule has 0 aliphatic heterocycles. The van der Waals surface area contributed by atoms with Crippen LogP contribution in [-0.2, 0) is 16.0 Å². The van der Waals surface area contributed by atoms with Crippen LogP contribution in [0.5, 0.6) is 0 Å². The summed E-state index contributed by atoms with van der Waals surface area (Å²) in [6, 6.07) is 8.11. The summed E-state index contributed by atoms with van der Waals surface area (Å²) in [5.41, 5.74) is 6.86. The van der Waals surface area contributed by atoms with Crippen molar-refractivity contribution in [3.05, 3.63) is 34.3 Å². The van der Waals surface area contributed by atoms with Gasteiger partial charge < -0.3 is 15.4 Å². The Labute approximate surface area is 160 Å². The SMILES string of the molecule is COCCC(Cc1cccc(Br)c1)C(=O)N(C)CC(C)(C)CN.Cl. The van der Waals surface area contributed by atoms with Crippen molar-refractivity contribution in [2.24, 2.45) is 17.1 Å². The number of hydrogen-bond acceptors (Lipinski definition) is 3. The molecule has 0 saturated heterocycles. The van der Waals surface area contributed by atoms with Gasteiger partial charge in [-0.1, -0.05) is 41.9 Å². The zero-order chi connectivity index (χ0) is 17.5. The van der Waals surface area contributed by atoms with E-state index >= 15 is 0 Å². The Bertz CT molecular complexity index is 512. The second-order valence-corrected chi connectivity index (χ2v) is 7.79. The molecule has 0 aromatic heterocycles. The van der Waals surface area contributed by atoms with E-state index < -0.39 is 0 Å². The number of amides is 1. The third-order valence-electron chi connectivity index (χ3n) is 3.98. The third kappa shape index (κ3) is 7.97. The number of nitrogens with zero attached hydrogens (tertiary/aromatic N) is 1. The topological polar surface area (TPSA) is 55.6 Å². The van der Waals surface area contributed by atoms with Gasteiger partial charge >= 0.3 is 0 Å². The van der Waals surface area contributed by atoms with E-state index in [2.05, 4.69) is 41.9 Å². The number of rotatable bonds is 9. The van der Waals surface area contributed by atoms with Crippen LogP contribution in [0.3, 0.4) is 0 Å². The second-order valence-electron chi connectivity index (χ2n) is 6.88. The molecule has 0 saturated carbocycles. The summed E-state index contributed by atoms with van der Waals surface area (Å²) in [6.07, 6.45) is 1.43. The van der Waals surface area contributed by atoms with Crippen LogP contribution in [0, 0.1) is 11.3 Å². The number of carbonyl (C=O) groups excluding carboxylic acids is 1. The number of benzene rings is 1. The number of halogens is 2. The highest BCUT2D eigenvalue weighted by molar-refractivity contribution is 9.10. The van der Waals surface area contributed by atoms with Crippen molar-refractivity contribution < 1.29 is 9.53 Å². The van der Waals surface area contributed by atoms with Crippen molar-refractivity contribution in [1.82, 2.24) is 4.90 Å². The van der Waals surface area contributed by atoms with E-state index in [0.717, 1.165) is 22.9 Å². The molecule has 1 amide bonds. The van der Waals surface area contributed by atoms with Crippen LogP contribution in [0.2, 0.25) is 0 Å². The maximum absolute atomic E-state index is 12.8. The van der Waals surface area contributed by atoms with E-state index in [4.69, 9.17) is 10.5 Å². The number of hydrogen-bond donors (Lipinski definition) is 1. The van der Waals surface area contributed by atoms with E-state index in [1.807, 2.05) is 24.1 Å². The van der Waals surface area contributed by atoms with Crippen LogP contribution >= 0.6 is 28.3 Å². The van der Waals surface area contributed by atoms with Gasteiger partial charge in [0, 0.05) is 37.7 Å². The quantitative estimate of drug-likeness (QED) is 0.664. The molecule has 4 nitrogen and oxygen atoms in total. The molecule has 0 fully saturated rings. The molecule has 0 spiro atoms. The fourth-order valence-electron chi connectivity index (χ4n) is 2.62. The van der Waals surface area contributed by atoms with Gasteiger partial charge in [-0.15, -0.1) is 12.4 Å². The van der Waals surface area contributed by atoms with Gasteiger partial charge in [0.15, 0.2) is 0 Å². The van der Waals surface area contributed by atoms with Gasteiger partial charge in [-0.3, -0.25) is 4.79 Å². The highest BCUT2D eigenvalue weighted by atomic mass is 79.9. The monoisotopic (exact) mass is 420 g/mol. The molecule has 1 unspecified atom stereocenters. The van der Waals surface area contributed by atoms with Crippen molar-refractivity contribution in [3.8, 4) is 0 Å². The van der Waals surface area contributed by atoms with E-state index in [1.165, 1.54) is 0 Å². The molecule has 1 rings (SSSR count). The highest BCUT2D eigenvalue weighted by Gasteiger charge is 2.26. The molecule has 1 aromatic carbocycles. The Morgan fingerprint density at radius 3 is 2.62 bits per heavy atom. The first kappa shape index (κ1) is 23.4. The fourth-order valence-corrected chi connectivity index (χ4v) is 3.06. The standard InChI is InChI=1S/C18H29BrN2O2.ClH/c1-18(2,12-20)13-21(3)17(22)15(8-9-23-4)10-14-6-5-7-16(19)11-14;/h5-7,11,15H,8-10,12-13,20H2,1-4H3;1H. The summed E-state index contributed by atoms with van der Waals surface area (Å²) >= 11 is 3.49. The van der Waals surface area contributed by atoms with Gasteiger partial charge in [-0.25, -0.2) is 0 Å². The minimum Gasteiger partial charge on any atom is -0.385 e. The van der Waals surface area contributed by atoms with Gasteiger partial charge in [-0.05, 0) is 42.5 Å². The van der Waals surface area contributed by atoms with Crippen molar-refractivity contribution in [1.29, 1.82) is 0 Å². The number of ether oxygens (including phenoxy) is 1. The summed E-state index contributed by atoms with van der Waals surface area (Å²) in [5.74, 6) is 0.0753. The first-order chi connectivity index (χ1) is 10.8. The van der Waals surface area contributed by atoms with Crippen LogP contribution in [0.1, 0.15) is 25.8 Å². The lowest BCUT2D eigenvalue weighted by atomic mass is 9.91. The Balaban J connectivity index is 0.00000529. The predicted octanol–water partition coefficient (Wildman–Crippen LogP) is 3.51. The lowest BCUT2D eigenvalue weighted by Gasteiger charge is -2.31. The Hall–Kier alpha value is -0.620. The van der Waals surface area contributed by atoms with Crippen LogP contribution < -0.4 is 5.73 Å². The van der Waals surface area contributed by atoms with Gasteiger partial charge in [0.2, 0.25) is 5.91 Å². The van der Waals surface area contributed by atoms with Crippen molar-refractivity contribution in [2.75, 3.05) is 33.9 Å². The van der Waals surface area contributed by atoms with E-state index in [-0.39, 0.29) is 29.6 Å². The normalized spacial score (nSPS) is 12.4. The first-order valence-corrected chi connectivity index (χ1v) is 8.77. The molecule has 24 heavy (non-hydrogen) atoms. The third-order valence-corrected chi connectivity index (χ3v) is 4.48.